The molecular weight excluding hydrogens is 408 g/mol. The molecule has 7 nitrogen and oxygen atoms in total. The number of aliphatic hydroxyl groups is 1. The van der Waals surface area contributed by atoms with Crippen LogP contribution in [-0.4, -0.2) is 67.4 Å². The summed E-state index contributed by atoms with van der Waals surface area (Å²) in [6.45, 7) is 5.81. The second-order valence-corrected chi connectivity index (χ2v) is 7.63. The summed E-state index contributed by atoms with van der Waals surface area (Å²) in [5, 5.41) is 12.2. The Balaban J connectivity index is 1.58. The standard InChI is InChI=1S/C25H28N2O5/c1-18(28)23(25(30)31-2)26-24(29)22-11-9-20(10-12-22)4-3-19-5-7-21(8-6-19)17-27-13-15-32-16-14-27/h5-12,18,23,28H,13-17H2,1-2H3,(H,26,29). The molecule has 2 aromatic rings. The minimum absolute atomic E-state index is 0.359. The van der Waals surface area contributed by atoms with E-state index in [1.807, 2.05) is 12.1 Å². The van der Waals surface area contributed by atoms with Gasteiger partial charge in [0.25, 0.3) is 5.91 Å². The molecule has 2 aromatic carbocycles. The Kier molecular flexibility index (Phi) is 8.40. The number of rotatable bonds is 6. The molecule has 1 aliphatic rings. The number of nitrogens with one attached hydrogen (secondary N) is 1. The summed E-state index contributed by atoms with van der Waals surface area (Å²) in [5.41, 5.74) is 3.28. The number of esters is 1. The molecule has 1 saturated heterocycles. The molecule has 0 bridgehead atoms. The predicted octanol–water partition coefficient (Wildman–Crippen LogP) is 1.57. The Labute approximate surface area is 188 Å². The molecule has 0 aromatic heterocycles. The molecule has 2 unspecified atom stereocenters. The molecule has 1 fully saturated rings. The molecule has 7 heteroatoms. The number of aliphatic hydroxyl groups excluding tert-OH is 1. The number of ether oxygens (including phenoxy) is 2. The van der Waals surface area contributed by atoms with Gasteiger partial charge in [0.05, 0.1) is 26.4 Å². The maximum absolute atomic E-state index is 12.4. The van der Waals surface area contributed by atoms with E-state index in [1.54, 1.807) is 24.3 Å². The average molecular weight is 437 g/mol. The van der Waals surface area contributed by atoms with Crippen LogP contribution in [0.2, 0.25) is 0 Å². The highest BCUT2D eigenvalue weighted by Gasteiger charge is 2.26. The summed E-state index contributed by atoms with van der Waals surface area (Å²) in [7, 11) is 1.20. The van der Waals surface area contributed by atoms with E-state index in [0.29, 0.717) is 5.56 Å². The van der Waals surface area contributed by atoms with Crippen molar-refractivity contribution in [3.8, 4) is 11.8 Å². The highest BCUT2D eigenvalue weighted by Crippen LogP contribution is 2.10. The lowest BCUT2D eigenvalue weighted by atomic mass is 10.1. The number of nitrogens with zero attached hydrogens (tertiary/aromatic N) is 1. The molecule has 168 valence electrons. The van der Waals surface area contributed by atoms with Crippen LogP contribution in [0.4, 0.5) is 0 Å². The zero-order valence-corrected chi connectivity index (χ0v) is 18.3. The van der Waals surface area contributed by atoms with Crippen molar-refractivity contribution in [3.63, 3.8) is 0 Å². The van der Waals surface area contributed by atoms with Gasteiger partial charge in [0.15, 0.2) is 6.04 Å². The lowest BCUT2D eigenvalue weighted by Gasteiger charge is -2.26. The molecule has 1 amide bonds. The first-order valence-corrected chi connectivity index (χ1v) is 10.5. The van der Waals surface area contributed by atoms with E-state index in [1.165, 1.54) is 19.6 Å². The fourth-order valence-electron chi connectivity index (χ4n) is 3.29. The van der Waals surface area contributed by atoms with Crippen LogP contribution >= 0.6 is 0 Å². The van der Waals surface area contributed by atoms with Gasteiger partial charge < -0.3 is 19.9 Å². The van der Waals surface area contributed by atoms with Crippen LogP contribution in [0.25, 0.3) is 0 Å². The van der Waals surface area contributed by atoms with Crippen LogP contribution in [0.3, 0.4) is 0 Å². The van der Waals surface area contributed by atoms with Gasteiger partial charge in [0.2, 0.25) is 0 Å². The zero-order chi connectivity index (χ0) is 22.9. The molecule has 2 N–H and O–H groups in total. The maximum atomic E-state index is 12.4. The first-order chi connectivity index (χ1) is 15.5. The Morgan fingerprint density at radius 2 is 1.62 bits per heavy atom. The molecule has 0 saturated carbocycles. The van der Waals surface area contributed by atoms with Crippen molar-refractivity contribution in [1.82, 2.24) is 10.2 Å². The smallest absolute Gasteiger partial charge is 0.331 e. The minimum Gasteiger partial charge on any atom is -0.467 e. The monoisotopic (exact) mass is 436 g/mol. The fourth-order valence-corrected chi connectivity index (χ4v) is 3.29. The quantitative estimate of drug-likeness (QED) is 0.528. The minimum atomic E-state index is -1.13. The lowest BCUT2D eigenvalue weighted by molar-refractivity contribution is -0.145. The van der Waals surface area contributed by atoms with Gasteiger partial charge in [-0.3, -0.25) is 9.69 Å². The van der Waals surface area contributed by atoms with Crippen molar-refractivity contribution in [2.45, 2.75) is 25.6 Å². The van der Waals surface area contributed by atoms with Crippen molar-refractivity contribution in [1.29, 1.82) is 0 Å². The normalized spacial score (nSPS) is 15.7. The van der Waals surface area contributed by atoms with Crippen molar-refractivity contribution >= 4 is 11.9 Å². The number of benzene rings is 2. The second kappa shape index (κ2) is 11.4. The van der Waals surface area contributed by atoms with E-state index >= 15 is 0 Å². The first kappa shape index (κ1) is 23.5. The molecule has 32 heavy (non-hydrogen) atoms. The molecule has 0 aliphatic carbocycles. The molecule has 0 radical (unpaired) electrons. The third-order valence-electron chi connectivity index (χ3n) is 5.19. The van der Waals surface area contributed by atoms with Crippen molar-refractivity contribution in [2.24, 2.45) is 0 Å². The van der Waals surface area contributed by atoms with Crippen molar-refractivity contribution in [2.75, 3.05) is 33.4 Å². The zero-order valence-electron chi connectivity index (χ0n) is 18.3. The van der Waals surface area contributed by atoms with E-state index < -0.39 is 24.0 Å². The van der Waals surface area contributed by atoms with Gasteiger partial charge in [-0.1, -0.05) is 24.0 Å². The maximum Gasteiger partial charge on any atom is 0.331 e. The third kappa shape index (κ3) is 6.66. The Morgan fingerprint density at radius 3 is 2.16 bits per heavy atom. The van der Waals surface area contributed by atoms with Gasteiger partial charge >= 0.3 is 5.97 Å². The molecule has 3 rings (SSSR count). The van der Waals surface area contributed by atoms with Crippen molar-refractivity contribution < 1.29 is 24.2 Å². The number of morpholine rings is 1. The van der Waals surface area contributed by atoms with Gasteiger partial charge in [-0.05, 0) is 48.9 Å². The predicted molar refractivity (Wildman–Crippen MR) is 120 cm³/mol. The number of hydrogen-bond donors (Lipinski definition) is 2. The van der Waals surface area contributed by atoms with Crippen LogP contribution in [-0.2, 0) is 20.8 Å². The SMILES string of the molecule is COC(=O)C(NC(=O)c1ccc(C#Cc2ccc(CN3CCOCC3)cc2)cc1)C(C)O. The second-order valence-electron chi connectivity index (χ2n) is 7.63. The largest absolute Gasteiger partial charge is 0.467 e. The van der Waals surface area contributed by atoms with E-state index in [0.717, 1.165) is 44.0 Å². The lowest BCUT2D eigenvalue weighted by Crippen LogP contribution is -2.48. The molecule has 2 atom stereocenters. The Hall–Kier alpha value is -3.18. The summed E-state index contributed by atoms with van der Waals surface area (Å²) < 4.78 is 9.99. The number of hydrogen-bond acceptors (Lipinski definition) is 6. The average Bonchev–Trinajstić information content (AvgIpc) is 2.82. The summed E-state index contributed by atoms with van der Waals surface area (Å²) in [6.07, 6.45) is -1.07. The van der Waals surface area contributed by atoms with Crippen LogP contribution in [0.1, 0.15) is 34.0 Å². The van der Waals surface area contributed by atoms with Crippen LogP contribution in [0, 0.1) is 11.8 Å². The van der Waals surface area contributed by atoms with Gasteiger partial charge in [0, 0.05) is 36.3 Å². The van der Waals surface area contributed by atoms with Crippen LogP contribution in [0.15, 0.2) is 48.5 Å². The van der Waals surface area contributed by atoms with E-state index in [9.17, 15) is 14.7 Å². The van der Waals surface area contributed by atoms with E-state index in [2.05, 4.69) is 38.9 Å². The highest BCUT2D eigenvalue weighted by molar-refractivity contribution is 5.97. The Bertz CT molecular complexity index is 968. The number of amides is 1. The van der Waals surface area contributed by atoms with Crippen LogP contribution < -0.4 is 5.32 Å². The number of carbonyl (C=O) groups excluding carboxylic acids is 2. The van der Waals surface area contributed by atoms with E-state index in [4.69, 9.17) is 4.74 Å². The molecule has 0 spiro atoms. The van der Waals surface area contributed by atoms with E-state index in [-0.39, 0.29) is 0 Å². The van der Waals surface area contributed by atoms with Crippen LogP contribution in [0.5, 0.6) is 0 Å². The van der Waals surface area contributed by atoms with Crippen molar-refractivity contribution in [3.05, 3.63) is 70.8 Å². The summed E-state index contributed by atoms with van der Waals surface area (Å²) in [5.74, 6) is 5.05. The van der Waals surface area contributed by atoms with Gasteiger partial charge in [-0.15, -0.1) is 0 Å². The molecular formula is C25H28N2O5. The number of methoxy groups -OCH3 is 1. The van der Waals surface area contributed by atoms with Gasteiger partial charge in [-0.25, -0.2) is 4.79 Å². The highest BCUT2D eigenvalue weighted by atomic mass is 16.5. The topological polar surface area (TPSA) is 88.1 Å². The fraction of sp³-hybridized carbons (Fsp3) is 0.360. The third-order valence-corrected chi connectivity index (χ3v) is 5.19. The molecule has 1 heterocycles. The number of carbonyl (C=O) groups is 2. The summed E-state index contributed by atoms with van der Waals surface area (Å²) in [6, 6.07) is 13.8. The van der Waals surface area contributed by atoms with Gasteiger partial charge in [-0.2, -0.15) is 0 Å². The first-order valence-electron chi connectivity index (χ1n) is 10.5. The Morgan fingerprint density at radius 1 is 1.06 bits per heavy atom. The molecule has 1 aliphatic heterocycles. The summed E-state index contributed by atoms with van der Waals surface area (Å²) in [4.78, 5) is 26.4. The summed E-state index contributed by atoms with van der Waals surface area (Å²) >= 11 is 0. The van der Waals surface area contributed by atoms with Gasteiger partial charge in [0.1, 0.15) is 0 Å².